The summed E-state index contributed by atoms with van der Waals surface area (Å²) in [7, 11) is 1.86. The van der Waals surface area contributed by atoms with Crippen LogP contribution in [0.2, 0.25) is 0 Å². The van der Waals surface area contributed by atoms with E-state index < -0.39 is 0 Å². The highest BCUT2D eigenvalue weighted by Crippen LogP contribution is 2.01. The lowest BCUT2D eigenvalue weighted by Crippen LogP contribution is -1.90. The zero-order chi connectivity index (χ0) is 6.69. The number of pyridine rings is 1. The molecule has 1 N–H and O–H groups in total. The molecule has 0 unspecified atom stereocenters. The first-order valence-corrected chi connectivity index (χ1v) is 2.93. The smallest absolute Gasteiger partial charge is 0.125 e. The van der Waals surface area contributed by atoms with Crippen molar-refractivity contribution in [2.24, 2.45) is 0 Å². The van der Waals surface area contributed by atoms with Crippen LogP contribution in [0.4, 0.5) is 5.82 Å². The maximum Gasteiger partial charge on any atom is 0.125 e. The SMILES string of the molecule is CNc1ccc(C)cn1. The van der Waals surface area contributed by atoms with Gasteiger partial charge in [-0.3, -0.25) is 0 Å². The van der Waals surface area contributed by atoms with Gasteiger partial charge >= 0.3 is 0 Å². The number of hydrogen-bond acceptors (Lipinski definition) is 2. The van der Waals surface area contributed by atoms with Gasteiger partial charge in [-0.15, -0.1) is 0 Å². The molecule has 0 bridgehead atoms. The molecule has 0 fully saturated rings. The minimum atomic E-state index is 0.917. The molecule has 1 aromatic heterocycles. The fourth-order valence-electron chi connectivity index (χ4n) is 0.616. The van der Waals surface area contributed by atoms with E-state index in [-0.39, 0.29) is 0 Å². The van der Waals surface area contributed by atoms with Crippen LogP contribution >= 0.6 is 0 Å². The number of aromatic nitrogens is 1. The fraction of sp³-hybridized carbons (Fsp3) is 0.286. The van der Waals surface area contributed by atoms with Crippen molar-refractivity contribution < 1.29 is 0 Å². The molecule has 2 heteroatoms. The second kappa shape index (κ2) is 2.49. The average Bonchev–Trinajstić information content (AvgIpc) is 1.90. The van der Waals surface area contributed by atoms with Crippen LogP contribution < -0.4 is 5.32 Å². The van der Waals surface area contributed by atoms with Crippen LogP contribution in [0, 0.1) is 6.92 Å². The highest BCUT2D eigenvalue weighted by molar-refractivity contribution is 5.33. The molecule has 0 aliphatic carbocycles. The molecule has 1 heterocycles. The zero-order valence-corrected chi connectivity index (χ0v) is 5.68. The first-order valence-electron chi connectivity index (χ1n) is 2.93. The highest BCUT2D eigenvalue weighted by Gasteiger charge is 1.85. The van der Waals surface area contributed by atoms with E-state index in [0.29, 0.717) is 0 Å². The molecule has 48 valence electrons. The normalized spacial score (nSPS) is 9.11. The van der Waals surface area contributed by atoms with Crippen LogP contribution in [0.1, 0.15) is 5.56 Å². The van der Waals surface area contributed by atoms with Gasteiger partial charge in [-0.05, 0) is 18.6 Å². The molecule has 0 atom stereocenters. The number of nitrogens with one attached hydrogen (secondary N) is 1. The van der Waals surface area contributed by atoms with Crippen LogP contribution in [-0.4, -0.2) is 12.0 Å². The highest BCUT2D eigenvalue weighted by atomic mass is 14.9. The van der Waals surface area contributed by atoms with Gasteiger partial charge in [-0.25, -0.2) is 4.98 Å². The van der Waals surface area contributed by atoms with Crippen LogP contribution in [-0.2, 0) is 0 Å². The Labute approximate surface area is 54.9 Å². The molecule has 0 aliphatic heterocycles. The van der Waals surface area contributed by atoms with Crippen molar-refractivity contribution >= 4 is 5.82 Å². The zero-order valence-electron chi connectivity index (χ0n) is 5.68. The summed E-state index contributed by atoms with van der Waals surface area (Å²) in [6.45, 7) is 2.02. The van der Waals surface area contributed by atoms with E-state index in [4.69, 9.17) is 0 Å². The summed E-state index contributed by atoms with van der Waals surface area (Å²) in [5.74, 6) is 0.917. The monoisotopic (exact) mass is 122 g/mol. The minimum absolute atomic E-state index is 0.917. The van der Waals surface area contributed by atoms with Crippen LogP contribution in [0.5, 0.6) is 0 Å². The molecule has 0 spiro atoms. The lowest BCUT2D eigenvalue weighted by Gasteiger charge is -1.96. The van der Waals surface area contributed by atoms with Crippen molar-refractivity contribution in [2.45, 2.75) is 6.92 Å². The van der Waals surface area contributed by atoms with Crippen molar-refractivity contribution in [2.75, 3.05) is 12.4 Å². The predicted molar refractivity (Wildman–Crippen MR) is 38.5 cm³/mol. The lowest BCUT2D eigenvalue weighted by atomic mass is 10.3. The summed E-state index contributed by atoms with van der Waals surface area (Å²) in [6.07, 6.45) is 1.84. The Hall–Kier alpha value is -1.05. The van der Waals surface area contributed by atoms with Gasteiger partial charge in [0.2, 0.25) is 0 Å². The van der Waals surface area contributed by atoms with Crippen LogP contribution in [0.15, 0.2) is 18.3 Å². The van der Waals surface area contributed by atoms with Gasteiger partial charge in [0, 0.05) is 13.2 Å². The molecule has 0 saturated heterocycles. The third-order valence-electron chi connectivity index (χ3n) is 1.17. The summed E-state index contributed by atoms with van der Waals surface area (Å²) in [5, 5.41) is 2.94. The molecular weight excluding hydrogens is 112 g/mol. The van der Waals surface area contributed by atoms with Crippen molar-refractivity contribution in [3.8, 4) is 0 Å². The van der Waals surface area contributed by atoms with E-state index >= 15 is 0 Å². The average molecular weight is 122 g/mol. The van der Waals surface area contributed by atoms with Gasteiger partial charge in [-0.2, -0.15) is 0 Å². The van der Waals surface area contributed by atoms with E-state index in [1.54, 1.807) is 0 Å². The van der Waals surface area contributed by atoms with Gasteiger partial charge in [0.05, 0.1) is 0 Å². The first-order chi connectivity index (χ1) is 4.33. The standard InChI is InChI=1S/C7H10N2/c1-6-3-4-7(8-2)9-5-6/h3-5H,1-2H3,(H,8,9). The molecule has 0 radical (unpaired) electrons. The van der Waals surface area contributed by atoms with Crippen LogP contribution in [0.25, 0.3) is 0 Å². The van der Waals surface area contributed by atoms with Crippen molar-refractivity contribution in [1.29, 1.82) is 0 Å². The molecule has 9 heavy (non-hydrogen) atoms. The fourth-order valence-corrected chi connectivity index (χ4v) is 0.616. The van der Waals surface area contributed by atoms with Crippen molar-refractivity contribution in [3.63, 3.8) is 0 Å². The molecule has 0 aliphatic rings. The van der Waals surface area contributed by atoms with Crippen LogP contribution in [0.3, 0.4) is 0 Å². The summed E-state index contributed by atoms with van der Waals surface area (Å²) < 4.78 is 0. The Morgan fingerprint density at radius 3 is 2.67 bits per heavy atom. The van der Waals surface area contributed by atoms with Gasteiger partial charge in [-0.1, -0.05) is 6.07 Å². The molecular formula is C7H10N2. The van der Waals surface area contributed by atoms with E-state index in [0.717, 1.165) is 5.82 Å². The number of aryl methyl sites for hydroxylation is 1. The summed E-state index contributed by atoms with van der Waals surface area (Å²) in [4.78, 5) is 4.09. The summed E-state index contributed by atoms with van der Waals surface area (Å²) in [6, 6.07) is 3.98. The Morgan fingerprint density at radius 1 is 1.44 bits per heavy atom. The minimum Gasteiger partial charge on any atom is -0.373 e. The molecule has 0 amide bonds. The van der Waals surface area contributed by atoms with E-state index in [2.05, 4.69) is 10.3 Å². The predicted octanol–water partition coefficient (Wildman–Crippen LogP) is 1.43. The Bertz CT molecular complexity index is 179. The quantitative estimate of drug-likeness (QED) is 0.609. The Kier molecular flexibility index (Phi) is 1.68. The second-order valence-electron chi connectivity index (χ2n) is 1.97. The molecule has 1 aromatic rings. The number of anilines is 1. The van der Waals surface area contributed by atoms with E-state index in [1.165, 1.54) is 5.56 Å². The first kappa shape index (κ1) is 6.08. The topological polar surface area (TPSA) is 24.9 Å². The maximum atomic E-state index is 4.09. The maximum absolute atomic E-state index is 4.09. The van der Waals surface area contributed by atoms with E-state index in [9.17, 15) is 0 Å². The largest absolute Gasteiger partial charge is 0.373 e. The molecule has 0 aromatic carbocycles. The van der Waals surface area contributed by atoms with Gasteiger partial charge < -0.3 is 5.32 Å². The van der Waals surface area contributed by atoms with Gasteiger partial charge in [0.15, 0.2) is 0 Å². The molecule has 1 rings (SSSR count). The number of nitrogens with zero attached hydrogens (tertiary/aromatic N) is 1. The third kappa shape index (κ3) is 1.42. The van der Waals surface area contributed by atoms with Gasteiger partial charge in [0.1, 0.15) is 5.82 Å². The van der Waals surface area contributed by atoms with E-state index in [1.807, 2.05) is 32.3 Å². The lowest BCUT2D eigenvalue weighted by molar-refractivity contribution is 1.24. The molecule has 0 saturated carbocycles. The summed E-state index contributed by atoms with van der Waals surface area (Å²) in [5.41, 5.74) is 1.19. The Balaban J connectivity index is 2.88. The Morgan fingerprint density at radius 2 is 2.22 bits per heavy atom. The number of hydrogen-bond donors (Lipinski definition) is 1. The second-order valence-corrected chi connectivity index (χ2v) is 1.97. The third-order valence-corrected chi connectivity index (χ3v) is 1.17. The summed E-state index contributed by atoms with van der Waals surface area (Å²) >= 11 is 0. The van der Waals surface area contributed by atoms with Crippen molar-refractivity contribution in [1.82, 2.24) is 4.98 Å². The number of rotatable bonds is 1. The van der Waals surface area contributed by atoms with Gasteiger partial charge in [0.25, 0.3) is 0 Å². The van der Waals surface area contributed by atoms with Crippen molar-refractivity contribution in [3.05, 3.63) is 23.9 Å². The molecule has 2 nitrogen and oxygen atoms in total.